The van der Waals surface area contributed by atoms with E-state index in [0.29, 0.717) is 25.7 Å². The molecule has 9 rings (SSSR count). The molecule has 20 unspecified atom stereocenters. The molecule has 8 bridgehead atoms. The van der Waals surface area contributed by atoms with Gasteiger partial charge in [0.05, 0.1) is 65.1 Å². The number of fused-ring (bicyclic) bond motifs is 20. The zero-order chi connectivity index (χ0) is 39.7. The van der Waals surface area contributed by atoms with E-state index < -0.39 is 111 Å². The van der Waals surface area contributed by atoms with Crippen molar-refractivity contribution in [3.05, 3.63) is 10.6 Å². The first kappa shape index (κ1) is 57.4. The summed E-state index contributed by atoms with van der Waals surface area (Å²) in [6.07, 6.45) is -1.65. The summed E-state index contributed by atoms with van der Waals surface area (Å²) in [6, 6.07) is 0. The van der Waals surface area contributed by atoms with E-state index in [1.807, 2.05) is 0 Å². The van der Waals surface area contributed by atoms with Crippen LogP contribution in [0, 0.1) is 47.3 Å². The molecule has 9 fully saturated rings. The van der Waals surface area contributed by atoms with Crippen LogP contribution in [-0.4, -0.2) is 122 Å². The summed E-state index contributed by atoms with van der Waals surface area (Å²) in [4.78, 5) is 0. The monoisotopic (exact) mass is 1020 g/mol. The predicted molar refractivity (Wildman–Crippen MR) is 193 cm³/mol. The minimum absolute atomic E-state index is 0. The average molecular weight is 1020 g/mol. The van der Waals surface area contributed by atoms with Gasteiger partial charge in [-0.2, -0.15) is 0 Å². The topological polar surface area (TPSA) is 329 Å². The second-order valence-electron chi connectivity index (χ2n) is 18.0. The van der Waals surface area contributed by atoms with Crippen molar-refractivity contribution in [3.8, 4) is 0 Å². The molecule has 0 aromatic carbocycles. The summed E-state index contributed by atoms with van der Waals surface area (Å²) in [7, 11) is -18.4. The number of nitrogens with one attached hydrogen (secondary N) is 6. The van der Waals surface area contributed by atoms with E-state index in [9.17, 15) is 51.9 Å². The first-order valence-corrected chi connectivity index (χ1v) is 25.9. The van der Waals surface area contributed by atoms with Gasteiger partial charge in [0, 0.05) is 21.0 Å². The van der Waals surface area contributed by atoms with Gasteiger partial charge in [-0.1, -0.05) is 24.7 Å². The van der Waals surface area contributed by atoms with Crippen LogP contribution in [-0.2, 0) is 57.5 Å². The largest absolute Gasteiger partial charge is 2.00 e. The van der Waals surface area contributed by atoms with Crippen LogP contribution in [0.3, 0.4) is 0 Å². The zero-order valence-corrected chi connectivity index (χ0v) is 47.0. The molecule has 61 heavy (non-hydrogen) atoms. The minimum atomic E-state index is -4.60. The second kappa shape index (κ2) is 21.7. The van der Waals surface area contributed by atoms with Crippen LogP contribution in [0.15, 0.2) is 0 Å². The molecule has 4 aliphatic carbocycles. The third-order valence-corrected chi connectivity index (χ3v) is 20.3. The Hall–Kier alpha value is 3.84. The van der Waals surface area contributed by atoms with E-state index in [4.69, 9.17) is 10.6 Å². The quantitative estimate of drug-likeness (QED) is 0.113. The van der Waals surface area contributed by atoms with Gasteiger partial charge in [0.1, 0.15) is 0 Å². The molecule has 0 amide bonds. The fraction of sp³-hybridized carbons (Fsp3) is 1.00. The predicted octanol–water partition coefficient (Wildman–Crippen LogP) is -13.7. The Bertz CT molecular complexity index is 1730. The first-order valence-electron chi connectivity index (χ1n) is 20.0. The minimum Gasteiger partial charge on any atom is -0.748 e. The molecule has 5 heterocycles. The van der Waals surface area contributed by atoms with Gasteiger partial charge in [0.25, 0.3) is 0 Å². The van der Waals surface area contributed by atoms with Gasteiger partial charge < -0.3 is 44.8 Å². The molecule has 4 saturated carbocycles. The van der Waals surface area contributed by atoms with E-state index in [2.05, 4.69) is 31.9 Å². The summed E-state index contributed by atoms with van der Waals surface area (Å²) >= 11 is 0. The van der Waals surface area contributed by atoms with Crippen molar-refractivity contribution in [2.45, 2.75) is 147 Å². The number of hydrogen-bond donors (Lipinski definition) is 6. The SMILES string of the molecule is O=S(=O)([O-])C1CCC2C3[N-]C(NC4[N-]C(NC5NC(NC6NC(N3)C3CC(S(=O)(=O)[O-])CCC63)C3CC(S(=O)(=O)[O-])CCC53)C3CC(S(=O)(=O)[O-])CCC43)C2C1.[Cu+2].[Na+].[Na+].[Na+].[Na+]. The van der Waals surface area contributed by atoms with Crippen LogP contribution >= 0.6 is 0 Å². The summed E-state index contributed by atoms with van der Waals surface area (Å²) < 4.78 is 148. The summed E-state index contributed by atoms with van der Waals surface area (Å²) in [5.74, 6) is -2.09. The second-order valence-corrected chi connectivity index (χ2v) is 24.6. The van der Waals surface area contributed by atoms with Crippen molar-refractivity contribution < 1.29 is 187 Å². The van der Waals surface area contributed by atoms with Gasteiger partial charge in [-0.05, 0) is 124 Å². The summed E-state index contributed by atoms with van der Waals surface area (Å²) in [5.41, 5.74) is 0. The smallest absolute Gasteiger partial charge is 0.748 e. The third-order valence-electron chi connectivity index (χ3n) is 15.4. The Kier molecular flexibility index (Phi) is 20.4. The van der Waals surface area contributed by atoms with Crippen molar-refractivity contribution >= 4 is 40.5 Å². The molecule has 0 spiro atoms. The fourth-order valence-corrected chi connectivity index (χ4v) is 16.2. The van der Waals surface area contributed by atoms with Crippen LogP contribution in [0.4, 0.5) is 0 Å². The first-order chi connectivity index (χ1) is 26.2. The maximum absolute atomic E-state index is 12.3. The molecule has 0 aromatic heterocycles. The van der Waals surface area contributed by atoms with Crippen molar-refractivity contribution in [3.63, 3.8) is 0 Å². The van der Waals surface area contributed by atoms with Crippen LogP contribution in [0.2, 0.25) is 0 Å². The number of nitrogens with zero attached hydrogens (tertiary/aromatic N) is 2. The molecular formula is C32H50CuN8Na4O12S4. The van der Waals surface area contributed by atoms with E-state index in [-0.39, 0.29) is 234 Å². The number of rotatable bonds is 4. The van der Waals surface area contributed by atoms with E-state index in [1.165, 1.54) is 0 Å². The van der Waals surface area contributed by atoms with Gasteiger partial charge in [-0.3, -0.25) is 16.0 Å². The van der Waals surface area contributed by atoms with E-state index in [1.54, 1.807) is 0 Å². The summed E-state index contributed by atoms with van der Waals surface area (Å²) in [6.45, 7) is 0. The molecule has 5 saturated heterocycles. The van der Waals surface area contributed by atoms with Gasteiger partial charge in [-0.15, -0.1) is 0 Å². The van der Waals surface area contributed by atoms with Crippen LogP contribution in [0.25, 0.3) is 10.6 Å². The molecule has 329 valence electrons. The fourth-order valence-electron chi connectivity index (χ4n) is 12.7. The van der Waals surface area contributed by atoms with Gasteiger partial charge in [0.2, 0.25) is 0 Å². The molecule has 0 aromatic rings. The Balaban J connectivity index is 0.00000164. The van der Waals surface area contributed by atoms with Crippen molar-refractivity contribution in [1.29, 1.82) is 0 Å². The Labute approximate surface area is 458 Å². The maximum Gasteiger partial charge on any atom is 2.00 e. The molecule has 20 atom stereocenters. The normalized spacial score (nSPS) is 46.9. The van der Waals surface area contributed by atoms with Crippen molar-refractivity contribution in [2.24, 2.45) is 47.3 Å². The van der Waals surface area contributed by atoms with Crippen molar-refractivity contribution in [1.82, 2.24) is 31.9 Å². The maximum atomic E-state index is 12.3. The Morgan fingerprint density at radius 1 is 0.328 bits per heavy atom. The van der Waals surface area contributed by atoms with E-state index in [0.717, 1.165) is 0 Å². The summed E-state index contributed by atoms with van der Waals surface area (Å²) in [5, 5.41) is 27.7. The van der Waals surface area contributed by atoms with Crippen LogP contribution < -0.4 is 150 Å². The van der Waals surface area contributed by atoms with E-state index >= 15 is 0 Å². The Morgan fingerprint density at radius 3 is 0.934 bits per heavy atom. The van der Waals surface area contributed by atoms with Crippen LogP contribution in [0.5, 0.6) is 0 Å². The van der Waals surface area contributed by atoms with Gasteiger partial charge in [-0.25, -0.2) is 33.7 Å². The van der Waals surface area contributed by atoms with Gasteiger partial charge in [0.15, 0.2) is 0 Å². The molecule has 20 nitrogen and oxygen atoms in total. The van der Waals surface area contributed by atoms with Crippen molar-refractivity contribution in [2.75, 3.05) is 0 Å². The molecule has 6 N–H and O–H groups in total. The third kappa shape index (κ3) is 11.8. The molecule has 5 aliphatic heterocycles. The Morgan fingerprint density at radius 2 is 0.574 bits per heavy atom. The van der Waals surface area contributed by atoms with Gasteiger partial charge >= 0.3 is 135 Å². The zero-order valence-electron chi connectivity index (χ0n) is 34.8. The van der Waals surface area contributed by atoms with Crippen LogP contribution in [0.1, 0.15) is 77.0 Å². The standard InChI is InChI=1S/C32H54N8O12S4.Cu.4Na/c41-53(42,43)13-1-5-17-21(9-13)29-33-25(17)37-30-22-10-14(54(44,45)46)2-6-18(22)27(34-30)39-32-24-12-16(56(50,51)52)4-8-20(24)28(36-32)40-31-23-11-15(55(47,48)49)3-7-19(23)26(35-31)38-29;;;;;/h13-34,37-40H,1-12H2,(H,41,42,43)(H,44,45,46)(H,47,48,49)(H,50,51,52);;;;;/q-2;+2;4*+1/p-4. The molecule has 1 radical (unpaired) electrons. The molecule has 9 aliphatic rings. The molecular weight excluding hydrogens is 972 g/mol. The average Bonchev–Trinajstić information content (AvgIpc) is 3.84. The molecule has 29 heteroatoms. The number of hydrogen-bond acceptors (Lipinski definition) is 18.